The van der Waals surface area contributed by atoms with Crippen molar-refractivity contribution in [1.82, 2.24) is 5.32 Å². The molecule has 1 aromatic carbocycles. The van der Waals surface area contributed by atoms with Gasteiger partial charge in [0.05, 0.1) is 0 Å². The van der Waals surface area contributed by atoms with E-state index in [1.807, 2.05) is 0 Å². The maximum absolute atomic E-state index is 13.3. The van der Waals surface area contributed by atoms with Crippen molar-refractivity contribution < 1.29 is 8.78 Å². The summed E-state index contributed by atoms with van der Waals surface area (Å²) < 4.78 is 25.9. The van der Waals surface area contributed by atoms with E-state index in [4.69, 9.17) is 0 Å². The molecule has 1 aromatic rings. The number of hydrogen-bond donors (Lipinski definition) is 1. The van der Waals surface area contributed by atoms with Gasteiger partial charge in [-0.2, -0.15) is 0 Å². The highest BCUT2D eigenvalue weighted by atomic mass is 19.1. The Labute approximate surface area is 102 Å². The first-order valence-electron chi connectivity index (χ1n) is 6.38. The molecular weight excluding hydrogens is 220 g/mol. The zero-order valence-electron chi connectivity index (χ0n) is 10.4. The van der Waals surface area contributed by atoms with Crippen LogP contribution in [-0.2, 0) is 6.42 Å². The average Bonchev–Trinajstić information content (AvgIpc) is 2.30. The second kappa shape index (κ2) is 8.18. The fraction of sp³-hybridized carbons (Fsp3) is 0.571. The number of aryl methyl sites for hydroxylation is 1. The van der Waals surface area contributed by atoms with Gasteiger partial charge in [-0.1, -0.05) is 19.4 Å². The smallest absolute Gasteiger partial charge is 0.129 e. The third kappa shape index (κ3) is 5.78. The summed E-state index contributed by atoms with van der Waals surface area (Å²) in [5.41, 5.74) is 0.618. The largest absolute Gasteiger partial charge is 0.317 e. The van der Waals surface area contributed by atoms with Crippen molar-refractivity contribution in [2.45, 2.75) is 39.0 Å². The second-order valence-electron chi connectivity index (χ2n) is 4.30. The third-order valence-corrected chi connectivity index (χ3v) is 2.74. The second-order valence-corrected chi connectivity index (χ2v) is 4.30. The van der Waals surface area contributed by atoms with E-state index in [1.165, 1.54) is 6.07 Å². The summed E-state index contributed by atoms with van der Waals surface area (Å²) >= 11 is 0. The lowest BCUT2D eigenvalue weighted by atomic mass is 10.1. The molecule has 0 fully saturated rings. The fourth-order valence-electron chi connectivity index (χ4n) is 1.77. The van der Waals surface area contributed by atoms with Crippen LogP contribution in [0.1, 0.15) is 38.2 Å². The summed E-state index contributed by atoms with van der Waals surface area (Å²) in [6.45, 7) is 4.23. The summed E-state index contributed by atoms with van der Waals surface area (Å²) in [5, 5.41) is 3.33. The van der Waals surface area contributed by atoms with Crippen molar-refractivity contribution >= 4 is 0 Å². The van der Waals surface area contributed by atoms with E-state index in [0.717, 1.165) is 44.8 Å². The normalized spacial score (nSPS) is 10.8. The van der Waals surface area contributed by atoms with Crippen molar-refractivity contribution in [3.63, 3.8) is 0 Å². The first kappa shape index (κ1) is 14.1. The molecule has 0 radical (unpaired) electrons. The maximum Gasteiger partial charge on any atom is 0.129 e. The van der Waals surface area contributed by atoms with Crippen molar-refractivity contribution in [2.75, 3.05) is 13.1 Å². The molecule has 3 heteroatoms. The van der Waals surface area contributed by atoms with Crippen LogP contribution in [0.15, 0.2) is 18.2 Å². The molecule has 17 heavy (non-hydrogen) atoms. The Kier molecular flexibility index (Phi) is 6.78. The standard InChI is InChI=1S/C14H21F2N/c1-2-9-17-10-5-3-4-6-12-7-8-13(15)11-14(12)16/h7-8,11,17H,2-6,9-10H2,1H3. The van der Waals surface area contributed by atoms with Gasteiger partial charge < -0.3 is 5.32 Å². The van der Waals surface area contributed by atoms with Crippen LogP contribution in [0, 0.1) is 11.6 Å². The fourth-order valence-corrected chi connectivity index (χ4v) is 1.77. The van der Waals surface area contributed by atoms with E-state index < -0.39 is 11.6 Å². The topological polar surface area (TPSA) is 12.0 Å². The summed E-state index contributed by atoms with van der Waals surface area (Å²) in [7, 11) is 0. The maximum atomic E-state index is 13.3. The van der Waals surface area contributed by atoms with Gasteiger partial charge in [0, 0.05) is 6.07 Å². The van der Waals surface area contributed by atoms with Crippen LogP contribution < -0.4 is 5.32 Å². The summed E-state index contributed by atoms with van der Waals surface area (Å²) in [5.74, 6) is -0.927. The predicted molar refractivity (Wildman–Crippen MR) is 67.1 cm³/mol. The summed E-state index contributed by atoms with van der Waals surface area (Å²) in [4.78, 5) is 0. The quantitative estimate of drug-likeness (QED) is 0.685. The highest BCUT2D eigenvalue weighted by Gasteiger charge is 2.02. The van der Waals surface area contributed by atoms with E-state index in [2.05, 4.69) is 12.2 Å². The summed E-state index contributed by atoms with van der Waals surface area (Å²) in [6, 6.07) is 3.82. The van der Waals surface area contributed by atoms with E-state index in [-0.39, 0.29) is 0 Å². The number of benzene rings is 1. The molecule has 0 bridgehead atoms. The van der Waals surface area contributed by atoms with Crippen molar-refractivity contribution in [3.05, 3.63) is 35.4 Å². The number of unbranched alkanes of at least 4 members (excludes halogenated alkanes) is 2. The highest BCUT2D eigenvalue weighted by molar-refractivity contribution is 5.18. The molecule has 0 saturated carbocycles. The Balaban J connectivity index is 2.14. The molecule has 96 valence electrons. The minimum absolute atomic E-state index is 0.422. The molecule has 0 atom stereocenters. The van der Waals surface area contributed by atoms with Gasteiger partial charge in [0.25, 0.3) is 0 Å². The molecule has 0 amide bonds. The average molecular weight is 241 g/mol. The van der Waals surface area contributed by atoms with E-state index in [9.17, 15) is 8.78 Å². The summed E-state index contributed by atoms with van der Waals surface area (Å²) in [6.07, 6.45) is 4.99. The van der Waals surface area contributed by atoms with Crippen LogP contribution in [0.4, 0.5) is 8.78 Å². The first-order chi connectivity index (χ1) is 8.24. The third-order valence-electron chi connectivity index (χ3n) is 2.74. The molecule has 0 aliphatic rings. The van der Waals surface area contributed by atoms with Gasteiger partial charge in [-0.25, -0.2) is 8.78 Å². The zero-order chi connectivity index (χ0) is 12.5. The van der Waals surface area contributed by atoms with E-state index in [0.29, 0.717) is 12.0 Å². The van der Waals surface area contributed by atoms with Gasteiger partial charge in [0.15, 0.2) is 0 Å². The molecule has 0 heterocycles. The Hall–Kier alpha value is -0.960. The Morgan fingerprint density at radius 2 is 1.88 bits per heavy atom. The number of halogens is 2. The first-order valence-corrected chi connectivity index (χ1v) is 6.38. The number of nitrogens with one attached hydrogen (secondary N) is 1. The van der Waals surface area contributed by atoms with Gasteiger partial charge in [0.2, 0.25) is 0 Å². The molecule has 1 nitrogen and oxygen atoms in total. The Morgan fingerprint density at radius 3 is 2.59 bits per heavy atom. The van der Waals surface area contributed by atoms with Crippen LogP contribution in [0.5, 0.6) is 0 Å². The minimum Gasteiger partial charge on any atom is -0.317 e. The highest BCUT2D eigenvalue weighted by Crippen LogP contribution is 2.12. The van der Waals surface area contributed by atoms with Crippen LogP contribution in [-0.4, -0.2) is 13.1 Å². The molecule has 0 aliphatic heterocycles. The molecule has 1 N–H and O–H groups in total. The van der Waals surface area contributed by atoms with Gasteiger partial charge in [0.1, 0.15) is 11.6 Å². The van der Waals surface area contributed by atoms with E-state index in [1.54, 1.807) is 6.07 Å². The predicted octanol–water partition coefficient (Wildman–Crippen LogP) is 3.68. The Bertz CT molecular complexity index is 326. The SMILES string of the molecule is CCCNCCCCCc1ccc(F)cc1F. The molecule has 0 unspecified atom stereocenters. The molecule has 0 spiro atoms. The lowest BCUT2D eigenvalue weighted by Crippen LogP contribution is -2.15. The lowest BCUT2D eigenvalue weighted by molar-refractivity contribution is 0.560. The number of hydrogen-bond acceptors (Lipinski definition) is 1. The van der Waals surface area contributed by atoms with Crippen LogP contribution in [0.25, 0.3) is 0 Å². The Morgan fingerprint density at radius 1 is 1.06 bits per heavy atom. The van der Waals surface area contributed by atoms with Gasteiger partial charge in [-0.05, 0) is 50.4 Å². The van der Waals surface area contributed by atoms with Gasteiger partial charge in [-0.3, -0.25) is 0 Å². The monoisotopic (exact) mass is 241 g/mol. The molecule has 1 rings (SSSR count). The number of rotatable bonds is 8. The van der Waals surface area contributed by atoms with Crippen molar-refractivity contribution in [3.8, 4) is 0 Å². The van der Waals surface area contributed by atoms with Crippen LogP contribution >= 0.6 is 0 Å². The minimum atomic E-state index is -0.505. The lowest BCUT2D eigenvalue weighted by Gasteiger charge is -2.04. The molecule has 0 aromatic heterocycles. The van der Waals surface area contributed by atoms with Crippen molar-refractivity contribution in [2.24, 2.45) is 0 Å². The van der Waals surface area contributed by atoms with Crippen LogP contribution in [0.2, 0.25) is 0 Å². The molecule has 0 saturated heterocycles. The van der Waals surface area contributed by atoms with E-state index >= 15 is 0 Å². The van der Waals surface area contributed by atoms with Gasteiger partial charge >= 0.3 is 0 Å². The zero-order valence-corrected chi connectivity index (χ0v) is 10.4. The van der Waals surface area contributed by atoms with Crippen LogP contribution in [0.3, 0.4) is 0 Å². The van der Waals surface area contributed by atoms with Gasteiger partial charge in [-0.15, -0.1) is 0 Å². The molecular formula is C14H21F2N. The van der Waals surface area contributed by atoms with Crippen molar-refractivity contribution in [1.29, 1.82) is 0 Å². The molecule has 0 aliphatic carbocycles.